The standard InChI is InChI=1S/C30H36N2O3/c1-22(2)19-31-30(34)27(18-25-11-7-5-8-12-25)32(20-26-13-9-6-10-14-26)29(33)21-35-28-17-23(3)15-16-24(28)4/h5-17,22,27H,18-21H2,1-4H3,(H,31,34)/t27-/m1/s1. The van der Waals surface area contributed by atoms with Crippen LogP contribution in [0.3, 0.4) is 0 Å². The molecule has 5 heteroatoms. The topological polar surface area (TPSA) is 58.6 Å². The van der Waals surface area contributed by atoms with Crippen LogP contribution in [0.4, 0.5) is 0 Å². The summed E-state index contributed by atoms with van der Waals surface area (Å²) in [5.41, 5.74) is 3.99. The van der Waals surface area contributed by atoms with Crippen LogP contribution in [0, 0.1) is 19.8 Å². The highest BCUT2D eigenvalue weighted by atomic mass is 16.5. The normalized spacial score (nSPS) is 11.7. The Bertz CT molecular complexity index is 1100. The molecule has 0 aliphatic heterocycles. The summed E-state index contributed by atoms with van der Waals surface area (Å²) < 4.78 is 5.95. The molecule has 5 nitrogen and oxygen atoms in total. The molecule has 0 aliphatic rings. The molecule has 0 heterocycles. The Kier molecular flexibility index (Phi) is 9.47. The van der Waals surface area contributed by atoms with Crippen LogP contribution in [0.5, 0.6) is 5.75 Å². The average Bonchev–Trinajstić information content (AvgIpc) is 2.86. The van der Waals surface area contributed by atoms with Gasteiger partial charge >= 0.3 is 0 Å². The SMILES string of the molecule is Cc1ccc(C)c(OCC(=O)N(Cc2ccccc2)[C@H](Cc2ccccc2)C(=O)NCC(C)C)c1. The van der Waals surface area contributed by atoms with E-state index in [0.717, 1.165) is 22.3 Å². The predicted octanol–water partition coefficient (Wildman–Crippen LogP) is 5.09. The summed E-state index contributed by atoms with van der Waals surface area (Å²) in [6, 6.07) is 24.8. The summed E-state index contributed by atoms with van der Waals surface area (Å²) in [6.45, 7) is 8.79. The molecule has 3 rings (SSSR count). The summed E-state index contributed by atoms with van der Waals surface area (Å²) in [5, 5.41) is 3.04. The van der Waals surface area contributed by atoms with Crippen molar-refractivity contribution in [2.75, 3.05) is 13.2 Å². The van der Waals surface area contributed by atoms with Crippen LogP contribution in [0.25, 0.3) is 0 Å². The predicted molar refractivity (Wildman–Crippen MR) is 140 cm³/mol. The number of carbonyl (C=O) groups excluding carboxylic acids is 2. The number of carbonyl (C=O) groups is 2. The molecule has 0 fully saturated rings. The molecule has 0 unspecified atom stereocenters. The molecule has 0 aliphatic carbocycles. The highest BCUT2D eigenvalue weighted by molar-refractivity contribution is 5.88. The zero-order valence-electron chi connectivity index (χ0n) is 21.2. The van der Waals surface area contributed by atoms with Crippen molar-refractivity contribution in [1.29, 1.82) is 0 Å². The van der Waals surface area contributed by atoms with Gasteiger partial charge in [-0.25, -0.2) is 0 Å². The minimum absolute atomic E-state index is 0.139. The van der Waals surface area contributed by atoms with Gasteiger partial charge in [0.05, 0.1) is 0 Å². The summed E-state index contributed by atoms with van der Waals surface area (Å²) in [7, 11) is 0. The molecule has 3 aromatic carbocycles. The van der Waals surface area contributed by atoms with Gasteiger partial charge in [0.15, 0.2) is 6.61 Å². The zero-order chi connectivity index (χ0) is 25.2. The van der Waals surface area contributed by atoms with Crippen LogP contribution in [-0.4, -0.2) is 35.9 Å². The molecule has 0 saturated carbocycles. The average molecular weight is 473 g/mol. The molecular weight excluding hydrogens is 436 g/mol. The second-order valence-electron chi connectivity index (χ2n) is 9.41. The van der Waals surface area contributed by atoms with Gasteiger partial charge < -0.3 is 15.0 Å². The Balaban J connectivity index is 1.89. The quantitative estimate of drug-likeness (QED) is 0.423. The van der Waals surface area contributed by atoms with Crippen molar-refractivity contribution < 1.29 is 14.3 Å². The summed E-state index contributed by atoms with van der Waals surface area (Å²) >= 11 is 0. The van der Waals surface area contributed by atoms with Crippen molar-refractivity contribution in [3.63, 3.8) is 0 Å². The molecule has 1 N–H and O–H groups in total. The van der Waals surface area contributed by atoms with E-state index in [-0.39, 0.29) is 18.4 Å². The summed E-state index contributed by atoms with van der Waals surface area (Å²) in [4.78, 5) is 28.7. The smallest absolute Gasteiger partial charge is 0.261 e. The fraction of sp³-hybridized carbons (Fsp3) is 0.333. The first-order valence-corrected chi connectivity index (χ1v) is 12.2. The molecule has 35 heavy (non-hydrogen) atoms. The van der Waals surface area contributed by atoms with Crippen molar-refractivity contribution in [2.45, 2.75) is 46.7 Å². The highest BCUT2D eigenvalue weighted by Crippen LogP contribution is 2.20. The van der Waals surface area contributed by atoms with Crippen molar-refractivity contribution >= 4 is 11.8 Å². The van der Waals surface area contributed by atoms with Crippen LogP contribution in [0.2, 0.25) is 0 Å². The molecule has 184 valence electrons. The Hall–Kier alpha value is -3.60. The molecule has 0 bridgehead atoms. The first kappa shape index (κ1) is 26.0. The Labute approximate surface area is 209 Å². The lowest BCUT2D eigenvalue weighted by Gasteiger charge is -2.31. The van der Waals surface area contributed by atoms with E-state index >= 15 is 0 Å². The van der Waals surface area contributed by atoms with E-state index in [4.69, 9.17) is 4.74 Å². The lowest BCUT2D eigenvalue weighted by Crippen LogP contribution is -2.52. The van der Waals surface area contributed by atoms with Gasteiger partial charge in [-0.2, -0.15) is 0 Å². The van der Waals surface area contributed by atoms with Crippen LogP contribution < -0.4 is 10.1 Å². The number of rotatable bonds is 11. The first-order chi connectivity index (χ1) is 16.8. The summed E-state index contributed by atoms with van der Waals surface area (Å²) in [5.74, 6) is 0.609. The molecule has 1 atom stereocenters. The second kappa shape index (κ2) is 12.7. The van der Waals surface area contributed by atoms with Gasteiger partial charge in [0.25, 0.3) is 5.91 Å². The number of nitrogens with zero attached hydrogens (tertiary/aromatic N) is 1. The van der Waals surface area contributed by atoms with Gasteiger partial charge in [0, 0.05) is 19.5 Å². The molecule has 3 aromatic rings. The van der Waals surface area contributed by atoms with Gasteiger partial charge in [-0.05, 0) is 48.1 Å². The van der Waals surface area contributed by atoms with Gasteiger partial charge in [-0.3, -0.25) is 9.59 Å². The lowest BCUT2D eigenvalue weighted by atomic mass is 10.0. The third-order valence-corrected chi connectivity index (χ3v) is 5.85. The monoisotopic (exact) mass is 472 g/mol. The molecular formula is C30H36N2O3. The van der Waals surface area contributed by atoms with Crippen molar-refractivity contribution in [3.8, 4) is 5.75 Å². The van der Waals surface area contributed by atoms with E-state index in [2.05, 4.69) is 19.2 Å². The van der Waals surface area contributed by atoms with Crippen LogP contribution >= 0.6 is 0 Å². The number of amides is 2. The minimum atomic E-state index is -0.661. The second-order valence-corrected chi connectivity index (χ2v) is 9.41. The van der Waals surface area contributed by atoms with Crippen molar-refractivity contribution in [2.24, 2.45) is 5.92 Å². The van der Waals surface area contributed by atoms with Gasteiger partial charge in [-0.15, -0.1) is 0 Å². The number of nitrogens with one attached hydrogen (secondary N) is 1. The van der Waals surface area contributed by atoms with Crippen molar-refractivity contribution in [3.05, 3.63) is 101 Å². The number of benzene rings is 3. The van der Waals surface area contributed by atoms with Gasteiger partial charge in [-0.1, -0.05) is 86.6 Å². The number of hydrogen-bond acceptors (Lipinski definition) is 3. The molecule has 0 radical (unpaired) electrons. The van der Waals surface area contributed by atoms with E-state index in [1.807, 2.05) is 92.7 Å². The first-order valence-electron chi connectivity index (χ1n) is 12.2. The zero-order valence-corrected chi connectivity index (χ0v) is 21.2. The lowest BCUT2D eigenvalue weighted by molar-refractivity contribution is -0.142. The maximum atomic E-state index is 13.6. The van der Waals surface area contributed by atoms with Crippen LogP contribution in [0.1, 0.15) is 36.1 Å². The fourth-order valence-corrected chi connectivity index (χ4v) is 3.84. The van der Waals surface area contributed by atoms with E-state index in [0.29, 0.717) is 31.2 Å². The number of ether oxygens (including phenoxy) is 1. The molecule has 0 saturated heterocycles. The van der Waals surface area contributed by atoms with Gasteiger partial charge in [0.2, 0.25) is 5.91 Å². The third-order valence-electron chi connectivity index (χ3n) is 5.85. The number of aryl methyl sites for hydroxylation is 2. The maximum absolute atomic E-state index is 13.6. The van der Waals surface area contributed by atoms with E-state index in [9.17, 15) is 9.59 Å². The van der Waals surface area contributed by atoms with E-state index in [1.54, 1.807) is 4.90 Å². The Morgan fingerprint density at radius 2 is 1.51 bits per heavy atom. The van der Waals surface area contributed by atoms with Gasteiger partial charge in [0.1, 0.15) is 11.8 Å². The summed E-state index contributed by atoms with van der Waals surface area (Å²) in [6.07, 6.45) is 0.423. The fourth-order valence-electron chi connectivity index (χ4n) is 3.84. The highest BCUT2D eigenvalue weighted by Gasteiger charge is 2.30. The molecule has 0 aromatic heterocycles. The van der Waals surface area contributed by atoms with E-state index < -0.39 is 6.04 Å². The van der Waals surface area contributed by atoms with Crippen LogP contribution in [-0.2, 0) is 22.6 Å². The molecule has 2 amide bonds. The Morgan fingerprint density at radius 1 is 0.886 bits per heavy atom. The van der Waals surface area contributed by atoms with E-state index in [1.165, 1.54) is 0 Å². The third kappa shape index (κ3) is 7.99. The number of hydrogen-bond donors (Lipinski definition) is 1. The molecule has 0 spiro atoms. The maximum Gasteiger partial charge on any atom is 0.261 e. The van der Waals surface area contributed by atoms with Crippen LogP contribution in [0.15, 0.2) is 78.9 Å². The van der Waals surface area contributed by atoms with Crippen molar-refractivity contribution in [1.82, 2.24) is 10.2 Å². The Morgan fingerprint density at radius 3 is 2.14 bits per heavy atom. The minimum Gasteiger partial charge on any atom is -0.483 e. The largest absolute Gasteiger partial charge is 0.483 e.